The fourth-order valence-electron chi connectivity index (χ4n) is 5.21. The molecule has 0 amide bonds. The van der Waals surface area contributed by atoms with Crippen LogP contribution in [0.25, 0.3) is 6.08 Å². The second-order valence-corrected chi connectivity index (χ2v) is 9.63. The third-order valence-corrected chi connectivity index (χ3v) is 7.01. The highest BCUT2D eigenvalue weighted by molar-refractivity contribution is 6.03. The highest BCUT2D eigenvalue weighted by Gasteiger charge is 2.30. The molecule has 1 aliphatic heterocycles. The molecule has 2 N–H and O–H groups in total. The maximum atomic E-state index is 6.02. The second-order valence-electron chi connectivity index (χ2n) is 9.63. The van der Waals surface area contributed by atoms with Gasteiger partial charge in [0.05, 0.1) is 17.1 Å². The van der Waals surface area contributed by atoms with Crippen LogP contribution in [-0.2, 0) is 11.3 Å². The number of aromatic nitrogens is 2. The van der Waals surface area contributed by atoms with Crippen LogP contribution in [0.5, 0.6) is 0 Å². The largest absolute Gasteiger partial charge is 0.396 e. The molecule has 6 heteroatoms. The monoisotopic (exact) mass is 447 g/mol. The van der Waals surface area contributed by atoms with Gasteiger partial charge < -0.3 is 15.5 Å². The summed E-state index contributed by atoms with van der Waals surface area (Å²) in [7, 11) is 2.20. The van der Waals surface area contributed by atoms with Gasteiger partial charge in [0.2, 0.25) is 5.95 Å². The van der Waals surface area contributed by atoms with Crippen molar-refractivity contribution in [1.82, 2.24) is 14.9 Å². The zero-order chi connectivity index (χ0) is 23.4. The van der Waals surface area contributed by atoms with E-state index in [0.717, 1.165) is 47.8 Å². The number of likely N-dealkylation sites (tertiary alicyclic amines) is 1. The van der Waals surface area contributed by atoms with Crippen LogP contribution in [-0.4, -0.2) is 47.3 Å². The summed E-state index contributed by atoms with van der Waals surface area (Å²) in [6.45, 7) is 9.19. The van der Waals surface area contributed by atoms with E-state index in [1.807, 2.05) is 6.92 Å². The maximum Gasteiger partial charge on any atom is 0.220 e. The molecule has 2 aliphatic rings. The van der Waals surface area contributed by atoms with Gasteiger partial charge in [0, 0.05) is 12.0 Å². The lowest BCUT2D eigenvalue weighted by molar-refractivity contribution is 0.112. The van der Waals surface area contributed by atoms with Gasteiger partial charge in [-0.1, -0.05) is 41.1 Å². The Hall–Kier alpha value is -2.73. The number of anilines is 1. The van der Waals surface area contributed by atoms with E-state index in [0.29, 0.717) is 12.6 Å². The highest BCUT2D eigenvalue weighted by Crippen LogP contribution is 2.36. The van der Waals surface area contributed by atoms with Crippen molar-refractivity contribution in [1.29, 1.82) is 0 Å². The lowest BCUT2D eigenvalue weighted by Crippen LogP contribution is -2.30. The number of hydrogen-bond acceptors (Lipinski definition) is 6. The van der Waals surface area contributed by atoms with E-state index in [1.165, 1.54) is 42.6 Å². The van der Waals surface area contributed by atoms with E-state index >= 15 is 0 Å². The maximum absolute atomic E-state index is 6.02. The van der Waals surface area contributed by atoms with Crippen LogP contribution in [0.2, 0.25) is 0 Å². The topological polar surface area (TPSA) is 76.6 Å². The molecule has 176 valence electrons. The second kappa shape index (κ2) is 10.5. The summed E-state index contributed by atoms with van der Waals surface area (Å²) in [5, 5.41) is 4.65. The molecule has 1 unspecified atom stereocenters. The van der Waals surface area contributed by atoms with Gasteiger partial charge in [-0.3, -0.25) is 0 Å². The number of allylic oxidation sites excluding steroid dienone is 1. The average molecular weight is 448 g/mol. The smallest absolute Gasteiger partial charge is 0.220 e. The van der Waals surface area contributed by atoms with Crippen LogP contribution in [0.3, 0.4) is 0 Å². The molecule has 2 aromatic rings. The van der Waals surface area contributed by atoms with Crippen molar-refractivity contribution in [2.24, 2.45) is 11.1 Å². The first kappa shape index (κ1) is 23.4. The summed E-state index contributed by atoms with van der Waals surface area (Å²) in [6.07, 6.45) is 9.46. The van der Waals surface area contributed by atoms with Crippen molar-refractivity contribution >= 4 is 17.7 Å². The molecule has 0 saturated carbocycles. The van der Waals surface area contributed by atoms with Crippen LogP contribution >= 0.6 is 0 Å². The van der Waals surface area contributed by atoms with Crippen molar-refractivity contribution in [3.05, 3.63) is 57.9 Å². The number of aryl methyl sites for hydroxylation is 2. The van der Waals surface area contributed by atoms with Gasteiger partial charge in [0.1, 0.15) is 6.61 Å². The Labute approximate surface area is 197 Å². The van der Waals surface area contributed by atoms with E-state index in [9.17, 15) is 0 Å². The van der Waals surface area contributed by atoms with Gasteiger partial charge in [-0.15, -0.1) is 0 Å². The summed E-state index contributed by atoms with van der Waals surface area (Å²) in [4.78, 5) is 17.3. The molecule has 0 spiro atoms. The molecule has 1 aromatic carbocycles. The van der Waals surface area contributed by atoms with Gasteiger partial charge in [0.25, 0.3) is 0 Å². The molecule has 0 bridgehead atoms. The predicted molar refractivity (Wildman–Crippen MR) is 135 cm³/mol. The number of oxime groups is 1. The van der Waals surface area contributed by atoms with E-state index in [-0.39, 0.29) is 5.92 Å². The van der Waals surface area contributed by atoms with Crippen LogP contribution in [0.15, 0.2) is 29.4 Å². The van der Waals surface area contributed by atoms with E-state index in [2.05, 4.69) is 71.3 Å². The number of hydrogen-bond donors (Lipinski definition) is 1. The van der Waals surface area contributed by atoms with Crippen molar-refractivity contribution in [2.45, 2.75) is 58.8 Å². The molecule has 33 heavy (non-hydrogen) atoms. The van der Waals surface area contributed by atoms with Crippen LogP contribution in [0, 0.1) is 19.8 Å². The Kier molecular flexibility index (Phi) is 7.43. The van der Waals surface area contributed by atoms with Gasteiger partial charge in [-0.25, -0.2) is 9.97 Å². The number of benzene rings is 1. The number of rotatable bonds is 6. The Morgan fingerprint density at radius 3 is 2.73 bits per heavy atom. The lowest BCUT2D eigenvalue weighted by atomic mass is 9.79. The molecule has 4 rings (SSSR count). The van der Waals surface area contributed by atoms with Crippen LogP contribution < -0.4 is 5.73 Å². The minimum Gasteiger partial charge on any atom is -0.396 e. The SMILES string of the molecule is CC=Cc1cc(C)ccc1C1CC(=NOCCC2CCN(C)CC2)c2c(C)nc(N)nc2C1. The Morgan fingerprint density at radius 1 is 1.18 bits per heavy atom. The predicted octanol–water partition coefficient (Wildman–Crippen LogP) is 4.89. The first-order chi connectivity index (χ1) is 15.9. The summed E-state index contributed by atoms with van der Waals surface area (Å²) in [6, 6.07) is 6.68. The number of nitrogen functional groups attached to an aromatic ring is 1. The minimum atomic E-state index is 0.272. The average Bonchev–Trinajstić information content (AvgIpc) is 2.77. The number of nitrogens with two attached hydrogens (primary N) is 1. The third-order valence-electron chi connectivity index (χ3n) is 7.01. The summed E-state index contributed by atoms with van der Waals surface area (Å²) >= 11 is 0. The van der Waals surface area contributed by atoms with Crippen molar-refractivity contribution < 1.29 is 4.84 Å². The van der Waals surface area contributed by atoms with E-state index < -0.39 is 0 Å². The Bertz CT molecular complexity index is 1040. The fourth-order valence-corrected chi connectivity index (χ4v) is 5.21. The van der Waals surface area contributed by atoms with E-state index in [1.54, 1.807) is 0 Å². The zero-order valence-electron chi connectivity index (χ0n) is 20.5. The fraction of sp³-hybridized carbons (Fsp3) is 0.519. The molecule has 1 fully saturated rings. The van der Waals surface area contributed by atoms with Crippen molar-refractivity contribution in [2.75, 3.05) is 32.5 Å². The van der Waals surface area contributed by atoms with Crippen LogP contribution in [0.4, 0.5) is 5.95 Å². The Balaban J connectivity index is 1.56. The highest BCUT2D eigenvalue weighted by atomic mass is 16.6. The number of fused-ring (bicyclic) bond motifs is 1. The molecule has 1 saturated heterocycles. The molecule has 6 nitrogen and oxygen atoms in total. The molecule has 1 aliphatic carbocycles. The summed E-state index contributed by atoms with van der Waals surface area (Å²) < 4.78 is 0. The third kappa shape index (κ3) is 5.61. The van der Waals surface area contributed by atoms with Crippen LogP contribution in [0.1, 0.15) is 72.2 Å². The molecule has 1 aromatic heterocycles. The lowest BCUT2D eigenvalue weighted by Gasteiger charge is -2.29. The first-order valence-electron chi connectivity index (χ1n) is 12.2. The number of piperidine rings is 1. The molecule has 1 atom stereocenters. The van der Waals surface area contributed by atoms with Gasteiger partial charge in [-0.2, -0.15) is 0 Å². The first-order valence-corrected chi connectivity index (χ1v) is 12.2. The number of nitrogens with zero attached hydrogens (tertiary/aromatic N) is 4. The van der Waals surface area contributed by atoms with Crippen molar-refractivity contribution in [3.8, 4) is 0 Å². The van der Waals surface area contributed by atoms with Crippen molar-refractivity contribution in [3.63, 3.8) is 0 Å². The van der Waals surface area contributed by atoms with E-state index in [4.69, 9.17) is 10.6 Å². The molecular weight excluding hydrogens is 410 g/mol. The molecule has 0 radical (unpaired) electrons. The minimum absolute atomic E-state index is 0.272. The quantitative estimate of drug-likeness (QED) is 0.504. The Morgan fingerprint density at radius 2 is 1.97 bits per heavy atom. The van der Waals surface area contributed by atoms with Gasteiger partial charge in [-0.05, 0) is 89.6 Å². The van der Waals surface area contributed by atoms with Gasteiger partial charge >= 0.3 is 0 Å². The summed E-state index contributed by atoms with van der Waals surface area (Å²) in [5.74, 6) is 1.33. The normalized spacial score (nSPS) is 21.0. The summed E-state index contributed by atoms with van der Waals surface area (Å²) in [5.41, 5.74) is 13.7. The molecular formula is C27H37N5O. The standard InChI is InChI=1S/C27H37N5O/c1-5-6-21-15-18(2)7-8-23(21)22-16-24-26(19(3)29-27(28)30-24)25(17-22)31-33-14-11-20-9-12-32(4)13-10-20/h5-8,15,20,22H,9-14,16-17H2,1-4H3,(H2,28,29,30). The molecule has 2 heterocycles. The van der Waals surface area contributed by atoms with Gasteiger partial charge in [0.15, 0.2) is 0 Å². The zero-order valence-corrected chi connectivity index (χ0v) is 20.5.